The first-order valence-corrected chi connectivity index (χ1v) is 11.9. The number of ether oxygens (including phenoxy) is 1. The lowest BCUT2D eigenvalue weighted by Gasteiger charge is -2.17. The Kier molecular flexibility index (Phi) is 7.60. The number of ketones is 1. The van der Waals surface area contributed by atoms with Crippen LogP contribution in [-0.4, -0.2) is 29.4 Å². The zero-order valence-electron chi connectivity index (χ0n) is 19.7. The highest BCUT2D eigenvalue weighted by Crippen LogP contribution is 2.36. The predicted octanol–water partition coefficient (Wildman–Crippen LogP) is 5.62. The first-order valence-electron chi connectivity index (χ1n) is 11.9. The van der Waals surface area contributed by atoms with Crippen molar-refractivity contribution in [1.29, 1.82) is 0 Å². The summed E-state index contributed by atoms with van der Waals surface area (Å²) >= 11 is 0. The van der Waals surface area contributed by atoms with Crippen LogP contribution in [0.1, 0.15) is 42.1 Å². The van der Waals surface area contributed by atoms with Crippen LogP contribution in [-0.2, 0) is 16.0 Å². The van der Waals surface area contributed by atoms with E-state index in [1.165, 1.54) is 0 Å². The van der Waals surface area contributed by atoms with Gasteiger partial charge in [0.2, 0.25) is 5.91 Å². The number of benzene rings is 3. The number of amides is 1. The molecule has 1 amide bonds. The molecule has 180 valence electrons. The van der Waals surface area contributed by atoms with Gasteiger partial charge in [0.15, 0.2) is 5.78 Å². The lowest BCUT2D eigenvalue weighted by molar-refractivity contribution is -0.142. The van der Waals surface area contributed by atoms with Crippen molar-refractivity contribution in [3.05, 3.63) is 83.9 Å². The Morgan fingerprint density at radius 2 is 1.60 bits per heavy atom. The van der Waals surface area contributed by atoms with Crippen LogP contribution < -0.4 is 10.1 Å². The van der Waals surface area contributed by atoms with Crippen molar-refractivity contribution in [3.8, 4) is 16.9 Å². The Morgan fingerprint density at radius 1 is 0.914 bits per heavy atom. The Morgan fingerprint density at radius 3 is 2.29 bits per heavy atom. The van der Waals surface area contributed by atoms with E-state index in [0.717, 1.165) is 28.9 Å². The minimum Gasteiger partial charge on any atom is -0.494 e. The summed E-state index contributed by atoms with van der Waals surface area (Å²) in [6.45, 7) is 2.52. The first-order chi connectivity index (χ1) is 17.0. The molecule has 35 heavy (non-hydrogen) atoms. The molecular weight excluding hydrogens is 442 g/mol. The number of carboxylic acid groups (broad SMARTS) is 1. The van der Waals surface area contributed by atoms with Crippen LogP contribution in [0.3, 0.4) is 0 Å². The van der Waals surface area contributed by atoms with Gasteiger partial charge in [0, 0.05) is 17.2 Å². The number of Topliss-reactive ketones (excluding diaryl/α,β-unsaturated/α-hetero) is 1. The van der Waals surface area contributed by atoms with Gasteiger partial charge in [0.05, 0.1) is 18.9 Å². The molecule has 0 spiro atoms. The molecule has 0 radical (unpaired) electrons. The average molecular weight is 472 g/mol. The third-order valence-electron chi connectivity index (χ3n) is 6.44. The van der Waals surface area contributed by atoms with Gasteiger partial charge in [-0.15, -0.1) is 0 Å². The molecule has 0 unspecified atom stereocenters. The number of carbonyl (C=O) groups excluding carboxylic acids is 2. The lowest BCUT2D eigenvalue weighted by atomic mass is 9.85. The molecule has 3 aromatic rings. The minimum absolute atomic E-state index is 0.113. The summed E-state index contributed by atoms with van der Waals surface area (Å²) in [5, 5.41) is 12.4. The normalized spacial score (nSPS) is 17.1. The molecule has 3 aromatic carbocycles. The number of nitrogens with one attached hydrogen (secondary N) is 1. The predicted molar refractivity (Wildman–Crippen MR) is 135 cm³/mol. The number of hydrogen-bond donors (Lipinski definition) is 2. The highest BCUT2D eigenvalue weighted by molar-refractivity contribution is 6.05. The van der Waals surface area contributed by atoms with E-state index < -0.39 is 17.8 Å². The van der Waals surface area contributed by atoms with Gasteiger partial charge >= 0.3 is 5.97 Å². The van der Waals surface area contributed by atoms with Crippen molar-refractivity contribution in [3.63, 3.8) is 0 Å². The van der Waals surface area contributed by atoms with Crippen molar-refractivity contribution in [2.45, 2.75) is 32.6 Å². The van der Waals surface area contributed by atoms with E-state index in [1.807, 2.05) is 67.6 Å². The molecule has 0 aromatic heterocycles. The molecule has 6 heteroatoms. The van der Waals surface area contributed by atoms with E-state index in [9.17, 15) is 19.5 Å². The molecule has 6 nitrogen and oxygen atoms in total. The Labute approximate surface area is 204 Å². The second-order valence-electron chi connectivity index (χ2n) is 8.77. The maximum absolute atomic E-state index is 13.3. The third-order valence-corrected chi connectivity index (χ3v) is 6.44. The van der Waals surface area contributed by atoms with Gasteiger partial charge in [-0.3, -0.25) is 14.4 Å². The third kappa shape index (κ3) is 5.77. The first kappa shape index (κ1) is 24.2. The van der Waals surface area contributed by atoms with Gasteiger partial charge in [-0.05, 0) is 60.7 Å². The second kappa shape index (κ2) is 11.0. The summed E-state index contributed by atoms with van der Waals surface area (Å²) in [5.41, 5.74) is 3.69. The minimum atomic E-state index is -0.899. The molecule has 0 bridgehead atoms. The molecule has 1 fully saturated rings. The van der Waals surface area contributed by atoms with Gasteiger partial charge in [-0.1, -0.05) is 55.0 Å². The molecule has 1 saturated carbocycles. The van der Waals surface area contributed by atoms with E-state index >= 15 is 0 Å². The quantitative estimate of drug-likeness (QED) is 0.395. The Bertz CT molecular complexity index is 1200. The molecule has 1 aliphatic carbocycles. The van der Waals surface area contributed by atoms with E-state index in [0.29, 0.717) is 30.7 Å². The van der Waals surface area contributed by atoms with Crippen LogP contribution in [0.5, 0.6) is 5.75 Å². The number of anilines is 1. The van der Waals surface area contributed by atoms with E-state index in [-0.39, 0.29) is 18.1 Å². The highest BCUT2D eigenvalue weighted by Gasteiger charge is 2.38. The topological polar surface area (TPSA) is 92.7 Å². The van der Waals surface area contributed by atoms with Crippen LogP contribution >= 0.6 is 0 Å². The molecule has 1 aliphatic rings. The fraction of sp³-hybridized carbons (Fsp3) is 0.276. The maximum atomic E-state index is 13.3. The number of carbonyl (C=O) groups is 3. The summed E-state index contributed by atoms with van der Waals surface area (Å²) in [6.07, 6.45) is 2.14. The Hall–Kier alpha value is -3.93. The SMILES string of the molecule is CCOc1ccc(CC(=O)Nc2ccc(-c3ccccc3C(=O)[C@@H]3CCC[C@H]3C(=O)O)cc2)cc1. The average Bonchev–Trinajstić information content (AvgIpc) is 3.36. The highest BCUT2D eigenvalue weighted by atomic mass is 16.5. The molecule has 0 heterocycles. The van der Waals surface area contributed by atoms with Crippen molar-refractivity contribution in [1.82, 2.24) is 0 Å². The van der Waals surface area contributed by atoms with E-state index in [1.54, 1.807) is 12.1 Å². The molecule has 4 rings (SSSR count). The molecule has 2 atom stereocenters. The van der Waals surface area contributed by atoms with Gasteiger partial charge in [-0.25, -0.2) is 0 Å². The van der Waals surface area contributed by atoms with Gasteiger partial charge in [0.1, 0.15) is 5.75 Å². The summed E-state index contributed by atoms with van der Waals surface area (Å²) < 4.78 is 5.43. The van der Waals surface area contributed by atoms with E-state index in [2.05, 4.69) is 5.32 Å². The molecule has 2 N–H and O–H groups in total. The Balaban J connectivity index is 1.45. The van der Waals surface area contributed by atoms with Crippen molar-refractivity contribution >= 4 is 23.3 Å². The number of aliphatic carboxylic acids is 1. The largest absolute Gasteiger partial charge is 0.494 e. The zero-order chi connectivity index (χ0) is 24.8. The van der Waals surface area contributed by atoms with Crippen LogP contribution in [0.2, 0.25) is 0 Å². The number of hydrogen-bond acceptors (Lipinski definition) is 4. The summed E-state index contributed by atoms with van der Waals surface area (Å²) in [6, 6.07) is 22.1. The monoisotopic (exact) mass is 471 g/mol. The molecule has 0 aliphatic heterocycles. The standard InChI is InChI=1S/C29H29NO5/c1-2-35-22-16-10-19(11-17-22)18-27(31)30-21-14-12-20(13-15-21)23-6-3-4-7-24(23)28(32)25-8-5-9-26(25)29(33)34/h3-4,6-7,10-17,25-26H,2,5,8-9,18H2,1H3,(H,30,31)(H,33,34)/t25-,26-/m1/s1. The van der Waals surface area contributed by atoms with Crippen LogP contribution in [0.25, 0.3) is 11.1 Å². The summed E-state index contributed by atoms with van der Waals surface area (Å²) in [7, 11) is 0. The van der Waals surface area contributed by atoms with Gasteiger partial charge in [0.25, 0.3) is 0 Å². The zero-order valence-corrected chi connectivity index (χ0v) is 19.7. The lowest BCUT2D eigenvalue weighted by Crippen LogP contribution is -2.25. The fourth-order valence-electron chi connectivity index (χ4n) is 4.71. The number of carboxylic acids is 1. The van der Waals surface area contributed by atoms with E-state index in [4.69, 9.17) is 4.74 Å². The van der Waals surface area contributed by atoms with Crippen LogP contribution in [0.4, 0.5) is 5.69 Å². The van der Waals surface area contributed by atoms with Gasteiger partial charge in [-0.2, -0.15) is 0 Å². The summed E-state index contributed by atoms with van der Waals surface area (Å²) in [4.78, 5) is 37.4. The van der Waals surface area contributed by atoms with Crippen LogP contribution in [0, 0.1) is 11.8 Å². The second-order valence-corrected chi connectivity index (χ2v) is 8.77. The smallest absolute Gasteiger partial charge is 0.307 e. The van der Waals surface area contributed by atoms with Crippen molar-refractivity contribution < 1.29 is 24.2 Å². The molecular formula is C29H29NO5. The van der Waals surface area contributed by atoms with Crippen molar-refractivity contribution in [2.75, 3.05) is 11.9 Å². The van der Waals surface area contributed by atoms with Crippen molar-refractivity contribution in [2.24, 2.45) is 11.8 Å². The maximum Gasteiger partial charge on any atom is 0.307 e. The fourth-order valence-corrected chi connectivity index (χ4v) is 4.71. The van der Waals surface area contributed by atoms with Gasteiger partial charge < -0.3 is 15.2 Å². The van der Waals surface area contributed by atoms with Crippen LogP contribution in [0.15, 0.2) is 72.8 Å². The molecule has 0 saturated heterocycles. The number of rotatable bonds is 9. The summed E-state index contributed by atoms with van der Waals surface area (Å²) in [5.74, 6) is -1.48.